The Balaban J connectivity index is 1.76. The van der Waals surface area contributed by atoms with Crippen molar-refractivity contribution in [3.63, 3.8) is 0 Å². The van der Waals surface area contributed by atoms with Crippen molar-refractivity contribution in [2.75, 3.05) is 0 Å². The average Bonchev–Trinajstić information content (AvgIpc) is 3.23. The first-order valence-electron chi connectivity index (χ1n) is 9.85. The molecule has 2 N–H and O–H groups in total. The number of pyridine rings is 1. The molecule has 0 aliphatic heterocycles. The Labute approximate surface area is 185 Å². The number of H-pyrrole nitrogens is 1. The molecule has 4 rings (SSSR count). The number of nitrogens with zero attached hydrogens (tertiary/aromatic N) is 2. The predicted octanol–water partition coefficient (Wildman–Crippen LogP) is 6.07. The van der Waals surface area contributed by atoms with E-state index in [9.17, 15) is 4.79 Å². The molecule has 0 atom stereocenters. The summed E-state index contributed by atoms with van der Waals surface area (Å²) >= 11 is 1.36. The molecular weight excluding hydrogens is 404 g/mol. The van der Waals surface area contributed by atoms with Crippen molar-refractivity contribution in [2.24, 2.45) is 0 Å². The zero-order chi connectivity index (χ0) is 21.8. The maximum Gasteiger partial charge on any atom is 0.274 e. The van der Waals surface area contributed by atoms with Gasteiger partial charge in [0.1, 0.15) is 17.2 Å². The first-order valence-corrected chi connectivity index (χ1v) is 10.7. The van der Waals surface area contributed by atoms with Crippen molar-refractivity contribution >= 4 is 28.6 Å². The molecule has 0 unspecified atom stereocenters. The number of hydrogen-bond donors (Lipinski definition) is 2. The molecule has 154 valence electrons. The molecule has 1 amide bonds. The van der Waals surface area contributed by atoms with Crippen LogP contribution in [0.1, 0.15) is 23.0 Å². The number of carbonyl (C=O) groups excluding carboxylic acids is 1. The zero-order valence-electron chi connectivity index (χ0n) is 17.3. The summed E-state index contributed by atoms with van der Waals surface area (Å²) in [5.74, 6) is 0.302. The highest BCUT2D eigenvalue weighted by Gasteiger charge is 2.20. The Hall–Kier alpha value is -3.64. The van der Waals surface area contributed by atoms with E-state index in [0.29, 0.717) is 22.2 Å². The molecule has 5 nitrogen and oxygen atoms in total. The predicted molar refractivity (Wildman–Crippen MR) is 129 cm³/mol. The molecule has 6 heteroatoms. The third kappa shape index (κ3) is 4.59. The van der Waals surface area contributed by atoms with Crippen LogP contribution in [-0.2, 0) is 0 Å². The SMILES string of the molecule is C=C(NC(=O)c1[nH]c(-c2cnc3ccccc3c2)nc1-c1ccc(C)cc1)S/C=C\C. The van der Waals surface area contributed by atoms with Crippen molar-refractivity contribution in [3.8, 4) is 22.6 Å². The number of thioether (sulfide) groups is 1. The van der Waals surface area contributed by atoms with Crippen LogP contribution in [0.3, 0.4) is 0 Å². The third-order valence-corrected chi connectivity index (χ3v) is 5.51. The summed E-state index contributed by atoms with van der Waals surface area (Å²) in [6, 6.07) is 17.9. The van der Waals surface area contributed by atoms with E-state index in [1.54, 1.807) is 6.20 Å². The van der Waals surface area contributed by atoms with E-state index in [4.69, 9.17) is 4.98 Å². The maximum atomic E-state index is 13.0. The number of amides is 1. The van der Waals surface area contributed by atoms with Gasteiger partial charge < -0.3 is 10.3 Å². The molecule has 0 bridgehead atoms. The van der Waals surface area contributed by atoms with Crippen LogP contribution in [0.2, 0.25) is 0 Å². The second kappa shape index (κ2) is 9.02. The Kier molecular flexibility index (Phi) is 6.00. The Morgan fingerprint density at radius 1 is 1.13 bits per heavy atom. The van der Waals surface area contributed by atoms with E-state index in [2.05, 4.69) is 21.9 Å². The summed E-state index contributed by atoms with van der Waals surface area (Å²) in [4.78, 5) is 25.5. The molecule has 2 aromatic carbocycles. The maximum absolute atomic E-state index is 13.0. The molecule has 0 aliphatic carbocycles. The summed E-state index contributed by atoms with van der Waals surface area (Å²) < 4.78 is 0. The van der Waals surface area contributed by atoms with Crippen LogP contribution in [0.15, 0.2) is 83.9 Å². The smallest absolute Gasteiger partial charge is 0.274 e. The molecule has 0 radical (unpaired) electrons. The molecule has 0 fully saturated rings. The Bertz CT molecular complexity index is 1290. The van der Waals surface area contributed by atoms with Gasteiger partial charge in [-0.15, -0.1) is 0 Å². The summed E-state index contributed by atoms with van der Waals surface area (Å²) in [6.45, 7) is 7.84. The molecule has 2 aromatic heterocycles. The number of aryl methyl sites for hydroxylation is 1. The number of allylic oxidation sites excluding steroid dienone is 1. The van der Waals surface area contributed by atoms with Crippen molar-refractivity contribution in [2.45, 2.75) is 13.8 Å². The zero-order valence-corrected chi connectivity index (χ0v) is 18.2. The highest BCUT2D eigenvalue weighted by atomic mass is 32.2. The van der Waals surface area contributed by atoms with Crippen LogP contribution in [0.4, 0.5) is 0 Å². The van der Waals surface area contributed by atoms with E-state index in [-0.39, 0.29) is 5.91 Å². The third-order valence-electron chi connectivity index (χ3n) is 4.72. The van der Waals surface area contributed by atoms with Crippen LogP contribution >= 0.6 is 11.8 Å². The number of benzene rings is 2. The van der Waals surface area contributed by atoms with Gasteiger partial charge in [-0.25, -0.2) is 4.98 Å². The Morgan fingerprint density at radius 2 is 1.90 bits per heavy atom. The lowest BCUT2D eigenvalue weighted by atomic mass is 10.1. The van der Waals surface area contributed by atoms with Crippen molar-refractivity contribution < 1.29 is 4.79 Å². The molecule has 4 aromatic rings. The van der Waals surface area contributed by atoms with Gasteiger partial charge in [-0.05, 0) is 31.4 Å². The number of para-hydroxylation sites is 1. The van der Waals surface area contributed by atoms with E-state index in [1.165, 1.54) is 11.8 Å². The van der Waals surface area contributed by atoms with Gasteiger partial charge in [0.15, 0.2) is 0 Å². The fourth-order valence-corrected chi connectivity index (χ4v) is 3.62. The van der Waals surface area contributed by atoms with Gasteiger partial charge in [0.2, 0.25) is 0 Å². The average molecular weight is 427 g/mol. The van der Waals surface area contributed by atoms with Gasteiger partial charge in [-0.1, -0.05) is 72.4 Å². The van der Waals surface area contributed by atoms with E-state index in [1.807, 2.05) is 79.9 Å². The number of hydrogen-bond acceptors (Lipinski definition) is 4. The van der Waals surface area contributed by atoms with Crippen LogP contribution in [0, 0.1) is 6.92 Å². The lowest BCUT2D eigenvalue weighted by Gasteiger charge is -2.06. The molecule has 0 spiro atoms. The van der Waals surface area contributed by atoms with Crippen molar-refractivity contribution in [3.05, 3.63) is 95.1 Å². The second-order valence-corrected chi connectivity index (χ2v) is 8.06. The lowest BCUT2D eigenvalue weighted by molar-refractivity contribution is 0.0965. The molecule has 0 saturated carbocycles. The minimum Gasteiger partial charge on any atom is -0.333 e. The first kappa shape index (κ1) is 20.6. The van der Waals surface area contributed by atoms with E-state index < -0.39 is 0 Å². The number of rotatable bonds is 6. The van der Waals surface area contributed by atoms with Gasteiger partial charge in [-0.2, -0.15) is 0 Å². The number of carbonyl (C=O) groups is 1. The standard InChI is InChI=1S/C25H22N4OS/c1-4-13-31-17(3)27-25(30)23-22(18-11-9-16(2)10-12-18)28-24(29-23)20-14-19-7-5-6-8-21(19)26-15-20/h4-15H,3H2,1-2H3,(H,27,30)(H,28,29)/b13-4-. The first-order chi connectivity index (χ1) is 15.0. The summed E-state index contributed by atoms with van der Waals surface area (Å²) in [6.07, 6.45) is 3.66. The highest BCUT2D eigenvalue weighted by Crippen LogP contribution is 2.28. The van der Waals surface area contributed by atoms with E-state index >= 15 is 0 Å². The number of imidazole rings is 1. The van der Waals surface area contributed by atoms with Crippen LogP contribution in [0.5, 0.6) is 0 Å². The second-order valence-electron chi connectivity index (χ2n) is 7.06. The van der Waals surface area contributed by atoms with Gasteiger partial charge in [0, 0.05) is 22.7 Å². The molecular formula is C25H22N4OS. The number of aromatic nitrogens is 3. The summed E-state index contributed by atoms with van der Waals surface area (Å²) in [5.41, 5.74) is 4.69. The van der Waals surface area contributed by atoms with Crippen LogP contribution < -0.4 is 5.32 Å². The van der Waals surface area contributed by atoms with Gasteiger partial charge >= 0.3 is 0 Å². The monoisotopic (exact) mass is 426 g/mol. The van der Waals surface area contributed by atoms with Crippen molar-refractivity contribution in [1.29, 1.82) is 0 Å². The molecule has 0 aliphatic rings. The fourth-order valence-electron chi connectivity index (χ4n) is 3.16. The minimum absolute atomic E-state index is 0.287. The van der Waals surface area contributed by atoms with Gasteiger partial charge in [0.25, 0.3) is 5.91 Å². The summed E-state index contributed by atoms with van der Waals surface area (Å²) in [5, 5.41) is 6.25. The fraction of sp³-hybridized carbons (Fsp3) is 0.0800. The number of fused-ring (bicyclic) bond motifs is 1. The largest absolute Gasteiger partial charge is 0.333 e. The number of nitrogens with one attached hydrogen (secondary N) is 2. The van der Waals surface area contributed by atoms with Gasteiger partial charge in [-0.3, -0.25) is 9.78 Å². The normalized spacial score (nSPS) is 11.2. The quantitative estimate of drug-likeness (QED) is 0.393. The molecule has 0 saturated heterocycles. The van der Waals surface area contributed by atoms with Crippen LogP contribution in [0.25, 0.3) is 33.5 Å². The minimum atomic E-state index is -0.287. The Morgan fingerprint density at radius 3 is 2.68 bits per heavy atom. The molecule has 2 heterocycles. The van der Waals surface area contributed by atoms with Gasteiger partial charge in [0.05, 0.1) is 10.5 Å². The molecule has 31 heavy (non-hydrogen) atoms. The lowest BCUT2D eigenvalue weighted by Crippen LogP contribution is -2.21. The van der Waals surface area contributed by atoms with Crippen molar-refractivity contribution in [1.82, 2.24) is 20.3 Å². The van der Waals surface area contributed by atoms with E-state index in [0.717, 1.165) is 27.6 Å². The number of aromatic amines is 1. The highest BCUT2D eigenvalue weighted by molar-refractivity contribution is 8.05. The topological polar surface area (TPSA) is 70.7 Å². The summed E-state index contributed by atoms with van der Waals surface area (Å²) in [7, 11) is 0. The van der Waals surface area contributed by atoms with Crippen LogP contribution in [-0.4, -0.2) is 20.9 Å².